The average molecular weight is 724 g/mol. The largest absolute Gasteiger partial charge is 0.497 e. The molecular formula is C38H36Cl2O8S. The number of carbonyl (C=O) groups excluding carboxylic acids is 2. The first-order valence-electron chi connectivity index (χ1n) is 15.0. The van der Waals surface area contributed by atoms with Crippen molar-refractivity contribution in [1.29, 1.82) is 0 Å². The molecule has 8 nitrogen and oxygen atoms in total. The van der Waals surface area contributed by atoms with Crippen LogP contribution in [0.1, 0.15) is 46.6 Å². The number of carbonyl (C=O) groups is 2. The van der Waals surface area contributed by atoms with E-state index in [0.717, 1.165) is 22.3 Å². The number of halogens is 2. The number of esters is 2. The fourth-order valence-corrected chi connectivity index (χ4v) is 6.85. The minimum absolute atomic E-state index is 0.286. The summed E-state index contributed by atoms with van der Waals surface area (Å²) in [5.41, 5.74) is 3.33. The Hall–Kier alpha value is -4.57. The summed E-state index contributed by atoms with van der Waals surface area (Å²) in [5, 5.41) is 0.481. The summed E-state index contributed by atoms with van der Waals surface area (Å²) >= 11 is 15.3. The molecule has 2 unspecified atom stereocenters. The van der Waals surface area contributed by atoms with Gasteiger partial charge in [0.05, 0.1) is 38.9 Å². The van der Waals surface area contributed by atoms with Crippen molar-refractivity contribution in [2.45, 2.75) is 24.3 Å². The van der Waals surface area contributed by atoms with E-state index < -0.39 is 11.9 Å². The van der Waals surface area contributed by atoms with Gasteiger partial charge in [-0.1, -0.05) is 71.8 Å². The van der Waals surface area contributed by atoms with Gasteiger partial charge in [-0.15, -0.1) is 11.8 Å². The van der Waals surface area contributed by atoms with Crippen molar-refractivity contribution in [1.82, 2.24) is 0 Å². The summed E-state index contributed by atoms with van der Waals surface area (Å²) in [6.07, 6.45) is 7.97. The lowest BCUT2D eigenvalue weighted by molar-refractivity contribution is -0.132. The molecule has 256 valence electrons. The predicted octanol–water partition coefficient (Wildman–Crippen LogP) is 9.82. The molecule has 0 amide bonds. The minimum Gasteiger partial charge on any atom is -0.497 e. The number of methoxy groups -OCH3 is 4. The van der Waals surface area contributed by atoms with Crippen molar-refractivity contribution in [3.8, 4) is 34.5 Å². The molecule has 0 fully saturated rings. The third-order valence-electron chi connectivity index (χ3n) is 7.13. The summed E-state index contributed by atoms with van der Waals surface area (Å²) in [5.74, 6) is 1.88. The van der Waals surface area contributed by atoms with Gasteiger partial charge in [0.1, 0.15) is 11.5 Å². The van der Waals surface area contributed by atoms with E-state index in [9.17, 15) is 9.59 Å². The number of hydrogen-bond donors (Lipinski definition) is 0. The van der Waals surface area contributed by atoms with Crippen LogP contribution in [0.2, 0.25) is 10.0 Å². The van der Waals surface area contributed by atoms with E-state index in [1.165, 1.54) is 28.1 Å². The van der Waals surface area contributed by atoms with Gasteiger partial charge < -0.3 is 28.4 Å². The number of hydrogen-bond acceptors (Lipinski definition) is 9. The number of ether oxygens (including phenoxy) is 6. The standard InChI is InChI=1S/C38H36Cl2O8S/c1-23(41)47-33-15-7-25(19-35(33)45-5)9-17-37(29-13-11-27(43-3)21-31(29)39)49-38(30-14-12-28(44-4)22-32(30)40)18-10-26-8-16-34(48-24(2)42)36(20-26)46-6/h7-22,37-38H,1-6H3/b17-9-,18-10-. The molecule has 0 aliphatic rings. The Bertz CT molecular complexity index is 1720. The van der Waals surface area contributed by atoms with Gasteiger partial charge in [-0.25, -0.2) is 0 Å². The second-order valence-electron chi connectivity index (χ2n) is 10.5. The van der Waals surface area contributed by atoms with E-state index in [2.05, 4.69) is 0 Å². The average Bonchev–Trinajstić information content (AvgIpc) is 3.08. The van der Waals surface area contributed by atoms with Gasteiger partial charge in [-0.05, 0) is 70.8 Å². The SMILES string of the molecule is COc1ccc(C(/C=C\c2ccc(OC(C)=O)c(OC)c2)SC(/C=C\c2ccc(OC(C)=O)c(OC)c2)c2ccc(OC)cc2Cl)c(Cl)c1. The van der Waals surface area contributed by atoms with Gasteiger partial charge in [0.25, 0.3) is 0 Å². The topological polar surface area (TPSA) is 89.5 Å². The maximum absolute atomic E-state index is 11.6. The second kappa shape index (κ2) is 17.7. The molecule has 0 saturated heterocycles. The third kappa shape index (κ3) is 10.2. The molecule has 0 bridgehead atoms. The van der Waals surface area contributed by atoms with Crippen molar-refractivity contribution in [3.05, 3.63) is 117 Å². The van der Waals surface area contributed by atoms with E-state index in [4.69, 9.17) is 51.6 Å². The molecule has 49 heavy (non-hydrogen) atoms. The zero-order chi connectivity index (χ0) is 35.5. The molecule has 0 aliphatic carbocycles. The molecule has 0 N–H and O–H groups in total. The van der Waals surface area contributed by atoms with Crippen molar-refractivity contribution in [2.75, 3.05) is 28.4 Å². The van der Waals surface area contributed by atoms with Crippen LogP contribution in [0, 0.1) is 0 Å². The first-order valence-corrected chi connectivity index (χ1v) is 16.7. The van der Waals surface area contributed by atoms with Crippen LogP contribution in [0.15, 0.2) is 84.9 Å². The van der Waals surface area contributed by atoms with E-state index in [-0.39, 0.29) is 10.5 Å². The van der Waals surface area contributed by atoms with Crippen LogP contribution >= 0.6 is 35.0 Å². The summed E-state index contributed by atoms with van der Waals surface area (Å²) in [7, 11) is 6.20. The van der Waals surface area contributed by atoms with Crippen LogP contribution in [0.5, 0.6) is 34.5 Å². The summed E-state index contributed by atoms with van der Waals surface area (Å²) in [4.78, 5) is 23.1. The molecule has 2 atom stereocenters. The lowest BCUT2D eigenvalue weighted by Crippen LogP contribution is -2.03. The van der Waals surface area contributed by atoms with Crippen molar-refractivity contribution < 1.29 is 38.0 Å². The number of rotatable bonds is 14. The van der Waals surface area contributed by atoms with Crippen molar-refractivity contribution in [3.63, 3.8) is 0 Å². The second-order valence-corrected chi connectivity index (χ2v) is 12.6. The van der Waals surface area contributed by atoms with Gasteiger partial charge in [0.15, 0.2) is 23.0 Å². The van der Waals surface area contributed by atoms with E-state index in [1.54, 1.807) is 62.4 Å². The van der Waals surface area contributed by atoms with Gasteiger partial charge in [0.2, 0.25) is 0 Å². The molecule has 0 heterocycles. The van der Waals surface area contributed by atoms with Gasteiger partial charge in [-0.3, -0.25) is 9.59 Å². The summed E-state index contributed by atoms with van der Waals surface area (Å²) < 4.78 is 32.3. The molecule has 0 spiro atoms. The zero-order valence-electron chi connectivity index (χ0n) is 27.8. The molecule has 0 aliphatic heterocycles. The summed E-state index contributed by atoms with van der Waals surface area (Å²) in [6.45, 7) is 2.67. The molecule has 0 radical (unpaired) electrons. The minimum atomic E-state index is -0.442. The highest BCUT2D eigenvalue weighted by molar-refractivity contribution is 8.00. The van der Waals surface area contributed by atoms with Crippen LogP contribution in [0.4, 0.5) is 0 Å². The van der Waals surface area contributed by atoms with Gasteiger partial charge in [-0.2, -0.15) is 0 Å². The highest BCUT2D eigenvalue weighted by atomic mass is 35.5. The molecule has 4 aromatic rings. The van der Waals surface area contributed by atoms with Crippen LogP contribution in [0.3, 0.4) is 0 Å². The van der Waals surface area contributed by atoms with E-state index in [0.29, 0.717) is 44.5 Å². The lowest BCUT2D eigenvalue weighted by Gasteiger charge is -2.22. The Morgan fingerprint density at radius 2 is 0.980 bits per heavy atom. The van der Waals surface area contributed by atoms with Gasteiger partial charge >= 0.3 is 11.9 Å². The maximum Gasteiger partial charge on any atom is 0.308 e. The van der Waals surface area contributed by atoms with E-state index >= 15 is 0 Å². The number of benzene rings is 4. The highest BCUT2D eigenvalue weighted by Gasteiger charge is 2.22. The van der Waals surface area contributed by atoms with Crippen LogP contribution in [-0.2, 0) is 9.59 Å². The molecular weight excluding hydrogens is 687 g/mol. The first kappa shape index (κ1) is 37.3. The number of thioether (sulfide) groups is 1. The lowest BCUT2D eigenvalue weighted by atomic mass is 10.1. The Morgan fingerprint density at radius 1 is 0.571 bits per heavy atom. The smallest absolute Gasteiger partial charge is 0.308 e. The first-order chi connectivity index (χ1) is 23.5. The van der Waals surface area contributed by atoms with E-state index in [1.807, 2.05) is 60.7 Å². The fourth-order valence-electron chi connectivity index (χ4n) is 4.78. The Morgan fingerprint density at radius 3 is 1.31 bits per heavy atom. The predicted molar refractivity (Wildman–Crippen MR) is 196 cm³/mol. The Balaban J connectivity index is 1.79. The normalized spacial score (nSPS) is 12.4. The van der Waals surface area contributed by atoms with Gasteiger partial charge in [0, 0.05) is 23.9 Å². The maximum atomic E-state index is 11.6. The molecule has 4 rings (SSSR count). The quantitative estimate of drug-likeness (QED) is 0.0932. The van der Waals surface area contributed by atoms with Crippen LogP contribution in [0.25, 0.3) is 12.2 Å². The van der Waals surface area contributed by atoms with Crippen molar-refractivity contribution >= 4 is 59.1 Å². The molecule has 11 heteroatoms. The Kier molecular flexibility index (Phi) is 13.5. The monoisotopic (exact) mass is 722 g/mol. The van der Waals surface area contributed by atoms with Crippen LogP contribution in [-0.4, -0.2) is 40.4 Å². The highest BCUT2D eigenvalue weighted by Crippen LogP contribution is 2.47. The summed E-state index contributed by atoms with van der Waals surface area (Å²) in [6, 6.07) is 21.8. The molecule has 4 aromatic carbocycles. The Labute approximate surface area is 300 Å². The zero-order valence-corrected chi connectivity index (χ0v) is 30.2. The molecule has 0 saturated carbocycles. The van der Waals surface area contributed by atoms with Crippen molar-refractivity contribution in [2.24, 2.45) is 0 Å². The van der Waals surface area contributed by atoms with Crippen LogP contribution < -0.4 is 28.4 Å². The molecule has 0 aromatic heterocycles. The third-order valence-corrected chi connectivity index (χ3v) is 9.19. The fraction of sp³-hybridized carbons (Fsp3) is 0.211.